The fourth-order valence-corrected chi connectivity index (χ4v) is 5.08. The van der Waals surface area contributed by atoms with Crippen LogP contribution in [0, 0.1) is 5.82 Å². The minimum Gasteiger partial charge on any atom is -0.488 e. The summed E-state index contributed by atoms with van der Waals surface area (Å²) in [5, 5.41) is 0.663. The van der Waals surface area contributed by atoms with Gasteiger partial charge < -0.3 is 9.64 Å². The minimum atomic E-state index is -0.259. The van der Waals surface area contributed by atoms with Gasteiger partial charge in [-0.05, 0) is 96.8 Å². The molecule has 1 aliphatic carbocycles. The first kappa shape index (κ1) is 22.7. The third kappa shape index (κ3) is 4.88. The summed E-state index contributed by atoms with van der Waals surface area (Å²) in [5.74, 6) is 0.714. The van der Waals surface area contributed by atoms with Crippen LogP contribution in [0.2, 0.25) is 5.02 Å². The summed E-state index contributed by atoms with van der Waals surface area (Å²) in [6.45, 7) is 1.13. The van der Waals surface area contributed by atoms with Gasteiger partial charge in [-0.15, -0.1) is 0 Å². The van der Waals surface area contributed by atoms with Crippen molar-refractivity contribution in [1.82, 2.24) is 0 Å². The van der Waals surface area contributed by atoms with Gasteiger partial charge in [-0.25, -0.2) is 4.39 Å². The Morgan fingerprint density at radius 1 is 0.882 bits per heavy atom. The maximum absolute atomic E-state index is 13.3. The van der Waals surface area contributed by atoms with Gasteiger partial charge in [0, 0.05) is 29.2 Å². The summed E-state index contributed by atoms with van der Waals surface area (Å²) >= 11 is 6.40. The molecule has 0 saturated carbocycles. The highest BCUT2D eigenvalue weighted by molar-refractivity contribution is 6.30. The van der Waals surface area contributed by atoms with E-state index in [1.165, 1.54) is 23.3 Å². The van der Waals surface area contributed by atoms with Gasteiger partial charge in [0.25, 0.3) is 0 Å². The third-order valence-electron chi connectivity index (χ3n) is 6.62. The monoisotopic (exact) mass is 475 g/mol. The molecule has 1 heterocycles. The van der Waals surface area contributed by atoms with Crippen LogP contribution in [-0.4, -0.2) is 12.5 Å². The number of allylic oxidation sites excluding steroid dienone is 2. The molecule has 1 aliphatic heterocycles. The molecule has 5 rings (SSSR count). The molecular weight excluding hydrogens is 449 g/mol. The van der Waals surface area contributed by atoms with Gasteiger partial charge in [-0.3, -0.25) is 4.79 Å². The van der Waals surface area contributed by atoms with E-state index in [2.05, 4.69) is 12.1 Å². The molecule has 2 aliphatic rings. The summed E-state index contributed by atoms with van der Waals surface area (Å²) in [6, 6.07) is 20.4. The van der Waals surface area contributed by atoms with Crippen LogP contribution in [0.25, 0.3) is 11.1 Å². The zero-order chi connectivity index (χ0) is 23.5. The van der Waals surface area contributed by atoms with Crippen LogP contribution in [-0.2, 0) is 11.4 Å². The number of carbonyl (C=O) groups is 1. The lowest BCUT2D eigenvalue weighted by molar-refractivity contribution is -0.119. The second-order valence-corrected chi connectivity index (χ2v) is 9.36. The number of ether oxygens (including phenoxy) is 1. The van der Waals surface area contributed by atoms with E-state index in [1.807, 2.05) is 35.2 Å². The normalized spacial score (nSPS) is 16.3. The lowest BCUT2D eigenvalue weighted by Crippen LogP contribution is -2.35. The first-order valence-electron chi connectivity index (χ1n) is 11.9. The fourth-order valence-electron chi connectivity index (χ4n) is 4.91. The van der Waals surface area contributed by atoms with Crippen LogP contribution in [0.3, 0.4) is 0 Å². The van der Waals surface area contributed by atoms with E-state index in [1.54, 1.807) is 12.1 Å². The summed E-state index contributed by atoms with van der Waals surface area (Å²) in [5.41, 5.74) is 6.54. The molecule has 0 bridgehead atoms. The van der Waals surface area contributed by atoms with Crippen molar-refractivity contribution in [2.24, 2.45) is 0 Å². The number of hydrogen-bond acceptors (Lipinski definition) is 2. The van der Waals surface area contributed by atoms with E-state index in [4.69, 9.17) is 16.3 Å². The van der Waals surface area contributed by atoms with Crippen molar-refractivity contribution in [3.63, 3.8) is 0 Å². The van der Waals surface area contributed by atoms with Gasteiger partial charge in [0.15, 0.2) is 0 Å². The molecular formula is C29H27ClFNO2. The van der Waals surface area contributed by atoms with E-state index in [0.717, 1.165) is 66.8 Å². The van der Waals surface area contributed by atoms with Crippen LogP contribution in [0.1, 0.15) is 55.2 Å². The largest absolute Gasteiger partial charge is 0.488 e. The molecule has 0 spiro atoms. The topological polar surface area (TPSA) is 29.5 Å². The molecule has 5 heteroatoms. The molecule has 1 amide bonds. The van der Waals surface area contributed by atoms with E-state index >= 15 is 0 Å². The first-order chi connectivity index (χ1) is 16.6. The van der Waals surface area contributed by atoms with E-state index < -0.39 is 0 Å². The molecule has 0 unspecified atom stereocenters. The van der Waals surface area contributed by atoms with Crippen molar-refractivity contribution >= 4 is 34.3 Å². The molecule has 0 N–H and O–H groups in total. The zero-order valence-electron chi connectivity index (χ0n) is 19.0. The molecule has 0 aromatic heterocycles. The lowest BCUT2D eigenvalue weighted by Gasteiger charge is -2.27. The van der Waals surface area contributed by atoms with Gasteiger partial charge in [-0.1, -0.05) is 35.9 Å². The first-order valence-corrected chi connectivity index (χ1v) is 12.3. The van der Waals surface area contributed by atoms with Crippen LogP contribution in [0.4, 0.5) is 10.1 Å². The zero-order valence-corrected chi connectivity index (χ0v) is 19.8. The highest BCUT2D eigenvalue weighted by Gasteiger charge is 2.23. The molecule has 3 aromatic carbocycles. The van der Waals surface area contributed by atoms with Gasteiger partial charge in [0.05, 0.1) is 0 Å². The van der Waals surface area contributed by atoms with Crippen LogP contribution in [0.5, 0.6) is 5.75 Å². The van der Waals surface area contributed by atoms with Crippen molar-refractivity contribution in [3.8, 4) is 5.75 Å². The van der Waals surface area contributed by atoms with Gasteiger partial charge >= 0.3 is 0 Å². The SMILES string of the molecule is O=C1CCCCN1c1cccc(C2=C(c3cc(Cl)ccc3OCc3ccc(F)cc3)CCC2)c1. The second-order valence-electron chi connectivity index (χ2n) is 8.92. The summed E-state index contributed by atoms with van der Waals surface area (Å²) in [7, 11) is 0. The highest BCUT2D eigenvalue weighted by atomic mass is 35.5. The Balaban J connectivity index is 1.47. The predicted octanol–water partition coefficient (Wildman–Crippen LogP) is 7.67. The Kier molecular flexibility index (Phi) is 6.68. The van der Waals surface area contributed by atoms with Crippen molar-refractivity contribution in [3.05, 3.63) is 94.3 Å². The van der Waals surface area contributed by atoms with E-state index in [0.29, 0.717) is 18.1 Å². The number of halogens is 2. The summed E-state index contributed by atoms with van der Waals surface area (Å²) < 4.78 is 19.4. The molecule has 34 heavy (non-hydrogen) atoms. The molecule has 1 saturated heterocycles. The Hall–Kier alpha value is -3.11. The van der Waals surface area contributed by atoms with Gasteiger partial charge in [0.2, 0.25) is 5.91 Å². The van der Waals surface area contributed by atoms with E-state index in [-0.39, 0.29) is 11.7 Å². The Labute approximate surface area is 204 Å². The average molecular weight is 476 g/mol. The Bertz CT molecular complexity index is 1240. The molecule has 3 aromatic rings. The quantitative estimate of drug-likeness (QED) is 0.366. The smallest absolute Gasteiger partial charge is 0.226 e. The number of anilines is 1. The molecule has 0 atom stereocenters. The predicted molar refractivity (Wildman–Crippen MR) is 135 cm³/mol. The average Bonchev–Trinajstić information content (AvgIpc) is 3.34. The molecule has 174 valence electrons. The summed E-state index contributed by atoms with van der Waals surface area (Å²) in [4.78, 5) is 14.4. The molecule has 3 nitrogen and oxygen atoms in total. The van der Waals surface area contributed by atoms with Crippen LogP contribution < -0.4 is 9.64 Å². The van der Waals surface area contributed by atoms with E-state index in [9.17, 15) is 9.18 Å². The second kappa shape index (κ2) is 10.0. The van der Waals surface area contributed by atoms with Crippen molar-refractivity contribution in [2.45, 2.75) is 45.1 Å². The maximum Gasteiger partial charge on any atom is 0.226 e. The molecule has 1 fully saturated rings. The fraction of sp³-hybridized carbons (Fsp3) is 0.276. The minimum absolute atomic E-state index is 0.204. The van der Waals surface area contributed by atoms with Gasteiger partial charge in [0.1, 0.15) is 18.2 Å². The third-order valence-corrected chi connectivity index (χ3v) is 6.86. The summed E-state index contributed by atoms with van der Waals surface area (Å²) in [6.07, 6.45) is 5.60. The lowest BCUT2D eigenvalue weighted by atomic mass is 9.95. The van der Waals surface area contributed by atoms with Crippen molar-refractivity contribution in [2.75, 3.05) is 11.4 Å². The number of rotatable bonds is 6. The Morgan fingerprint density at radius 2 is 1.71 bits per heavy atom. The Morgan fingerprint density at radius 3 is 2.53 bits per heavy atom. The maximum atomic E-state index is 13.3. The number of nitrogens with zero attached hydrogens (tertiary/aromatic N) is 1. The molecule has 0 radical (unpaired) electrons. The number of hydrogen-bond donors (Lipinski definition) is 0. The van der Waals surface area contributed by atoms with Crippen LogP contribution >= 0.6 is 11.6 Å². The highest BCUT2D eigenvalue weighted by Crippen LogP contribution is 2.44. The van der Waals surface area contributed by atoms with Crippen molar-refractivity contribution in [1.29, 1.82) is 0 Å². The number of amides is 1. The van der Waals surface area contributed by atoms with Gasteiger partial charge in [-0.2, -0.15) is 0 Å². The van der Waals surface area contributed by atoms with Crippen molar-refractivity contribution < 1.29 is 13.9 Å². The number of piperidine rings is 1. The number of benzene rings is 3. The van der Waals surface area contributed by atoms with Crippen LogP contribution in [0.15, 0.2) is 66.7 Å². The standard InChI is InChI=1S/C29H27ClFNO2/c30-22-12-15-28(34-19-20-10-13-23(31)14-11-20)27(18-22)26-8-4-7-25(26)21-5-3-6-24(17-21)32-16-2-1-9-29(32)33/h3,5-6,10-15,17-18H,1-2,4,7-9,16,19H2. The number of carbonyl (C=O) groups excluding carboxylic acids is 1.